The summed E-state index contributed by atoms with van der Waals surface area (Å²) in [4.78, 5) is 3.44. The van der Waals surface area contributed by atoms with Gasteiger partial charge in [-0.25, -0.2) is 17.5 Å². The second-order valence-electron chi connectivity index (χ2n) is 4.18. The largest absolute Gasteiger partial charge is 0.264 e. The zero-order valence-corrected chi connectivity index (χ0v) is 12.1. The van der Waals surface area contributed by atoms with Crippen LogP contribution in [0.2, 0.25) is 5.02 Å². The van der Waals surface area contributed by atoms with Crippen molar-refractivity contribution in [1.82, 2.24) is 9.71 Å². The van der Waals surface area contributed by atoms with Crippen LogP contribution >= 0.6 is 11.6 Å². The Morgan fingerprint density at radius 1 is 1.30 bits per heavy atom. The molecule has 7 heteroatoms. The third-order valence-electron chi connectivity index (χ3n) is 2.72. The van der Waals surface area contributed by atoms with Crippen molar-refractivity contribution in [3.8, 4) is 0 Å². The molecule has 1 aromatic carbocycles. The second-order valence-corrected chi connectivity index (χ2v) is 6.27. The first-order chi connectivity index (χ1) is 9.42. The van der Waals surface area contributed by atoms with E-state index < -0.39 is 26.8 Å². The lowest BCUT2D eigenvalue weighted by Crippen LogP contribution is -2.27. The van der Waals surface area contributed by atoms with Gasteiger partial charge in [0.2, 0.25) is 10.0 Å². The van der Waals surface area contributed by atoms with Crippen LogP contribution in [0.5, 0.6) is 0 Å². The van der Waals surface area contributed by atoms with Crippen molar-refractivity contribution in [2.45, 2.75) is 17.9 Å². The Kier molecular flexibility index (Phi) is 4.37. The monoisotopic (exact) mass is 314 g/mol. The molecule has 0 bridgehead atoms. The Bertz CT molecular complexity index is 708. The van der Waals surface area contributed by atoms with Crippen molar-refractivity contribution >= 4 is 21.6 Å². The minimum atomic E-state index is -4.00. The standard InChI is InChI=1S/C13H12ClFN2O2S/c1-9(10-4-3-7-16-8-10)17-20(18,19)12-6-2-5-11(14)13(12)15/h2-9,17H,1H3/t9-/m0/s1. The molecule has 106 valence electrons. The third-order valence-corrected chi connectivity index (χ3v) is 4.57. The summed E-state index contributed by atoms with van der Waals surface area (Å²) in [5.41, 5.74) is 0.679. The summed E-state index contributed by atoms with van der Waals surface area (Å²) in [5, 5.41) is -0.234. The second kappa shape index (κ2) is 5.87. The van der Waals surface area contributed by atoms with E-state index in [1.807, 2.05) is 0 Å². The van der Waals surface area contributed by atoms with E-state index in [1.54, 1.807) is 31.5 Å². The van der Waals surface area contributed by atoms with Gasteiger partial charge in [0.15, 0.2) is 5.82 Å². The molecule has 0 fully saturated rings. The minimum absolute atomic E-state index is 0.234. The Labute approximate surface area is 121 Å². The third kappa shape index (κ3) is 3.15. The average molecular weight is 315 g/mol. The van der Waals surface area contributed by atoms with Crippen LogP contribution in [0.15, 0.2) is 47.6 Å². The van der Waals surface area contributed by atoms with Crippen LogP contribution in [0.1, 0.15) is 18.5 Å². The number of halogens is 2. The summed E-state index contributed by atoms with van der Waals surface area (Å²) in [6.07, 6.45) is 3.13. The Balaban J connectivity index is 2.30. The maximum absolute atomic E-state index is 13.8. The molecule has 0 saturated carbocycles. The molecule has 1 N–H and O–H groups in total. The van der Waals surface area contributed by atoms with Crippen molar-refractivity contribution in [3.63, 3.8) is 0 Å². The predicted molar refractivity (Wildman–Crippen MR) is 74.4 cm³/mol. The first-order valence-corrected chi connectivity index (χ1v) is 7.64. The fourth-order valence-corrected chi connectivity index (χ4v) is 3.25. The van der Waals surface area contributed by atoms with Crippen molar-refractivity contribution in [2.24, 2.45) is 0 Å². The number of sulfonamides is 1. The van der Waals surface area contributed by atoms with E-state index in [0.717, 1.165) is 0 Å². The van der Waals surface area contributed by atoms with E-state index >= 15 is 0 Å². The quantitative estimate of drug-likeness (QED) is 0.944. The summed E-state index contributed by atoms with van der Waals surface area (Å²) >= 11 is 5.60. The fraction of sp³-hybridized carbons (Fsp3) is 0.154. The molecule has 0 radical (unpaired) electrons. The van der Waals surface area contributed by atoms with Crippen LogP contribution in [0.3, 0.4) is 0 Å². The number of hydrogen-bond donors (Lipinski definition) is 1. The van der Waals surface area contributed by atoms with Gasteiger partial charge in [-0.2, -0.15) is 0 Å². The first-order valence-electron chi connectivity index (χ1n) is 5.78. The summed E-state index contributed by atoms with van der Waals surface area (Å²) in [6.45, 7) is 1.65. The molecule has 2 rings (SSSR count). The predicted octanol–water partition coefficient (Wildman–Crippen LogP) is 2.91. The number of nitrogens with zero attached hydrogens (tertiary/aromatic N) is 1. The van der Waals surface area contributed by atoms with Crippen LogP contribution in [-0.4, -0.2) is 13.4 Å². The molecule has 0 amide bonds. The van der Waals surface area contributed by atoms with Crippen LogP contribution < -0.4 is 4.72 Å². The molecule has 0 saturated heterocycles. The molecule has 20 heavy (non-hydrogen) atoms. The van der Waals surface area contributed by atoms with Gasteiger partial charge in [0, 0.05) is 18.4 Å². The van der Waals surface area contributed by atoms with Gasteiger partial charge in [-0.15, -0.1) is 0 Å². The highest BCUT2D eigenvalue weighted by atomic mass is 35.5. The molecule has 0 spiro atoms. The highest BCUT2D eigenvalue weighted by molar-refractivity contribution is 7.89. The van der Waals surface area contributed by atoms with Gasteiger partial charge < -0.3 is 0 Å². The molecule has 0 aliphatic heterocycles. The van der Waals surface area contributed by atoms with Gasteiger partial charge >= 0.3 is 0 Å². The lowest BCUT2D eigenvalue weighted by molar-refractivity contribution is 0.547. The van der Waals surface area contributed by atoms with Gasteiger partial charge in [-0.1, -0.05) is 23.7 Å². The van der Waals surface area contributed by atoms with E-state index in [-0.39, 0.29) is 5.02 Å². The molecular formula is C13H12ClFN2O2S. The van der Waals surface area contributed by atoms with Gasteiger partial charge in [-0.05, 0) is 30.7 Å². The molecule has 1 heterocycles. The summed E-state index contributed by atoms with van der Waals surface area (Å²) in [7, 11) is -4.00. The maximum Gasteiger partial charge on any atom is 0.244 e. The number of nitrogens with one attached hydrogen (secondary N) is 1. The Hall–Kier alpha value is -1.50. The number of benzene rings is 1. The van der Waals surface area contributed by atoms with Crippen molar-refractivity contribution in [2.75, 3.05) is 0 Å². The summed E-state index contributed by atoms with van der Waals surface area (Å²) < 4.78 is 40.5. The normalized spacial score (nSPS) is 13.2. The van der Waals surface area contributed by atoms with Crippen LogP contribution in [0.4, 0.5) is 4.39 Å². The summed E-state index contributed by atoms with van der Waals surface area (Å²) in [6, 6.07) is 6.73. The van der Waals surface area contributed by atoms with E-state index in [2.05, 4.69) is 9.71 Å². The molecule has 1 aromatic heterocycles. The average Bonchev–Trinajstić information content (AvgIpc) is 2.42. The fourth-order valence-electron chi connectivity index (χ4n) is 1.69. The molecule has 1 atom stereocenters. The minimum Gasteiger partial charge on any atom is -0.264 e. The summed E-state index contributed by atoms with van der Waals surface area (Å²) in [5.74, 6) is -0.958. The topological polar surface area (TPSA) is 59.1 Å². The molecule has 0 unspecified atom stereocenters. The molecule has 0 aliphatic rings. The van der Waals surface area contributed by atoms with Crippen LogP contribution in [0, 0.1) is 5.82 Å². The van der Waals surface area contributed by atoms with Crippen LogP contribution in [0.25, 0.3) is 0 Å². The number of pyridine rings is 1. The number of rotatable bonds is 4. The zero-order valence-electron chi connectivity index (χ0n) is 10.5. The van der Waals surface area contributed by atoms with Crippen molar-refractivity contribution in [3.05, 3.63) is 59.1 Å². The van der Waals surface area contributed by atoms with E-state index in [0.29, 0.717) is 5.56 Å². The highest BCUT2D eigenvalue weighted by Gasteiger charge is 2.23. The van der Waals surface area contributed by atoms with Gasteiger partial charge in [-0.3, -0.25) is 4.98 Å². The first kappa shape index (κ1) is 14.9. The van der Waals surface area contributed by atoms with Gasteiger partial charge in [0.25, 0.3) is 0 Å². The maximum atomic E-state index is 13.8. The Morgan fingerprint density at radius 2 is 2.05 bits per heavy atom. The van der Waals surface area contributed by atoms with Gasteiger partial charge in [0.1, 0.15) is 4.90 Å². The van der Waals surface area contributed by atoms with E-state index in [1.165, 1.54) is 18.2 Å². The SMILES string of the molecule is C[C@H](NS(=O)(=O)c1cccc(Cl)c1F)c1cccnc1. The molecular weight excluding hydrogens is 303 g/mol. The molecule has 4 nitrogen and oxygen atoms in total. The van der Waals surface area contributed by atoms with E-state index in [9.17, 15) is 12.8 Å². The lowest BCUT2D eigenvalue weighted by Gasteiger charge is -2.14. The number of hydrogen-bond acceptors (Lipinski definition) is 3. The number of aromatic nitrogens is 1. The van der Waals surface area contributed by atoms with Crippen molar-refractivity contribution in [1.29, 1.82) is 0 Å². The molecule has 2 aromatic rings. The smallest absolute Gasteiger partial charge is 0.244 e. The highest BCUT2D eigenvalue weighted by Crippen LogP contribution is 2.23. The van der Waals surface area contributed by atoms with Crippen LogP contribution in [-0.2, 0) is 10.0 Å². The Morgan fingerprint density at radius 3 is 2.70 bits per heavy atom. The lowest BCUT2D eigenvalue weighted by atomic mass is 10.2. The molecule has 0 aliphatic carbocycles. The van der Waals surface area contributed by atoms with E-state index in [4.69, 9.17) is 11.6 Å². The zero-order chi connectivity index (χ0) is 14.8. The van der Waals surface area contributed by atoms with Crippen molar-refractivity contribution < 1.29 is 12.8 Å². The van der Waals surface area contributed by atoms with Gasteiger partial charge in [0.05, 0.1) is 5.02 Å².